The summed E-state index contributed by atoms with van der Waals surface area (Å²) in [6.07, 6.45) is 4.00. The quantitative estimate of drug-likeness (QED) is 0.648. The molecule has 0 unspecified atom stereocenters. The highest BCUT2D eigenvalue weighted by Crippen LogP contribution is 2.34. The SMILES string of the molecule is Cc1cccc(C(=O)NCC(=O)NC2CN(C3CCC(c4noc(=O)[nH]4)CC3)C2)c1. The molecule has 0 atom stereocenters. The Morgan fingerprint density at radius 2 is 2.00 bits per heavy atom. The van der Waals surface area contributed by atoms with E-state index < -0.39 is 5.76 Å². The summed E-state index contributed by atoms with van der Waals surface area (Å²) in [6.45, 7) is 3.55. The van der Waals surface area contributed by atoms with Gasteiger partial charge in [0, 0.05) is 30.6 Å². The van der Waals surface area contributed by atoms with Gasteiger partial charge in [0.25, 0.3) is 5.91 Å². The second kappa shape index (κ2) is 8.83. The van der Waals surface area contributed by atoms with Gasteiger partial charge in [0.15, 0.2) is 5.82 Å². The highest BCUT2D eigenvalue weighted by Gasteiger charge is 2.36. The van der Waals surface area contributed by atoms with Crippen molar-refractivity contribution < 1.29 is 14.1 Å². The number of benzene rings is 1. The van der Waals surface area contributed by atoms with Crippen molar-refractivity contribution in [2.45, 2.75) is 50.6 Å². The maximum absolute atomic E-state index is 12.1. The zero-order valence-electron chi connectivity index (χ0n) is 17.0. The van der Waals surface area contributed by atoms with E-state index in [2.05, 4.69) is 30.2 Å². The Labute approximate surface area is 174 Å². The van der Waals surface area contributed by atoms with Crippen LogP contribution in [-0.2, 0) is 4.79 Å². The van der Waals surface area contributed by atoms with Crippen molar-refractivity contribution in [1.82, 2.24) is 25.7 Å². The third kappa shape index (κ3) is 4.79. The van der Waals surface area contributed by atoms with Gasteiger partial charge in [-0.1, -0.05) is 22.9 Å². The Morgan fingerprint density at radius 3 is 2.67 bits per heavy atom. The second-order valence-electron chi connectivity index (χ2n) is 8.26. The van der Waals surface area contributed by atoms with Crippen LogP contribution in [0.25, 0.3) is 0 Å². The number of H-pyrrole nitrogens is 1. The van der Waals surface area contributed by atoms with Crippen molar-refractivity contribution in [3.63, 3.8) is 0 Å². The highest BCUT2D eigenvalue weighted by atomic mass is 16.5. The third-order valence-corrected chi connectivity index (χ3v) is 6.02. The molecule has 1 aromatic carbocycles. The van der Waals surface area contributed by atoms with Gasteiger partial charge in [-0.25, -0.2) is 4.79 Å². The summed E-state index contributed by atoms with van der Waals surface area (Å²) < 4.78 is 4.60. The molecule has 160 valence electrons. The van der Waals surface area contributed by atoms with E-state index in [-0.39, 0.29) is 30.3 Å². The fourth-order valence-electron chi connectivity index (χ4n) is 4.36. The molecule has 2 heterocycles. The van der Waals surface area contributed by atoms with Gasteiger partial charge >= 0.3 is 5.76 Å². The Bertz CT molecular complexity index is 954. The van der Waals surface area contributed by atoms with E-state index in [1.807, 2.05) is 19.1 Å². The van der Waals surface area contributed by atoms with Crippen LogP contribution in [0, 0.1) is 6.92 Å². The maximum Gasteiger partial charge on any atom is 0.438 e. The Morgan fingerprint density at radius 1 is 1.23 bits per heavy atom. The minimum Gasteiger partial charge on any atom is -0.349 e. The molecule has 0 spiro atoms. The van der Waals surface area contributed by atoms with Crippen LogP contribution >= 0.6 is 0 Å². The summed E-state index contributed by atoms with van der Waals surface area (Å²) in [7, 11) is 0. The standard InChI is InChI=1S/C21H27N5O4/c1-13-3-2-4-15(9-13)20(28)22-10-18(27)23-16-11-26(12-16)17-7-5-14(6-8-17)19-24-21(29)30-25-19/h2-4,9,14,16-17H,5-8,10-12H2,1H3,(H,22,28)(H,23,27)(H,24,25,29). The average Bonchev–Trinajstić information content (AvgIpc) is 3.15. The van der Waals surface area contributed by atoms with Gasteiger partial charge in [-0.3, -0.25) is 24.0 Å². The molecule has 30 heavy (non-hydrogen) atoms. The first kappa shape index (κ1) is 20.3. The fourth-order valence-corrected chi connectivity index (χ4v) is 4.36. The molecule has 4 rings (SSSR count). The van der Waals surface area contributed by atoms with Crippen molar-refractivity contribution >= 4 is 11.8 Å². The summed E-state index contributed by atoms with van der Waals surface area (Å²) in [6, 6.07) is 7.90. The van der Waals surface area contributed by atoms with Crippen molar-refractivity contribution in [2.75, 3.05) is 19.6 Å². The zero-order valence-corrected chi connectivity index (χ0v) is 17.0. The number of carbonyl (C=O) groups is 2. The average molecular weight is 413 g/mol. The monoisotopic (exact) mass is 413 g/mol. The molecule has 0 radical (unpaired) electrons. The lowest BCUT2D eigenvalue weighted by molar-refractivity contribution is -0.122. The Hall–Kier alpha value is -2.94. The molecular formula is C21H27N5O4. The molecule has 2 aromatic rings. The first-order chi connectivity index (χ1) is 14.5. The van der Waals surface area contributed by atoms with Gasteiger partial charge in [-0.15, -0.1) is 0 Å². The fraction of sp³-hybridized carbons (Fsp3) is 0.524. The van der Waals surface area contributed by atoms with Crippen molar-refractivity contribution in [3.05, 3.63) is 51.8 Å². The van der Waals surface area contributed by atoms with Gasteiger partial charge in [-0.2, -0.15) is 0 Å². The van der Waals surface area contributed by atoms with E-state index in [1.54, 1.807) is 12.1 Å². The van der Waals surface area contributed by atoms with Gasteiger partial charge in [0.2, 0.25) is 5.91 Å². The third-order valence-electron chi connectivity index (χ3n) is 6.02. The number of aromatic amines is 1. The van der Waals surface area contributed by atoms with E-state index >= 15 is 0 Å². The van der Waals surface area contributed by atoms with Crippen LogP contribution in [0.15, 0.2) is 33.6 Å². The van der Waals surface area contributed by atoms with Crippen molar-refractivity contribution in [3.8, 4) is 0 Å². The van der Waals surface area contributed by atoms with Crippen LogP contribution in [0.4, 0.5) is 0 Å². The largest absolute Gasteiger partial charge is 0.438 e. The summed E-state index contributed by atoms with van der Waals surface area (Å²) >= 11 is 0. The number of likely N-dealkylation sites (tertiary alicyclic amines) is 1. The van der Waals surface area contributed by atoms with Crippen LogP contribution in [0.2, 0.25) is 0 Å². The number of hydrogen-bond donors (Lipinski definition) is 3. The smallest absolute Gasteiger partial charge is 0.349 e. The normalized spacial score (nSPS) is 22.3. The molecule has 1 aromatic heterocycles. The lowest BCUT2D eigenvalue weighted by atomic mass is 9.83. The molecule has 1 aliphatic carbocycles. The van der Waals surface area contributed by atoms with E-state index in [9.17, 15) is 14.4 Å². The van der Waals surface area contributed by atoms with Gasteiger partial charge in [0.05, 0.1) is 12.6 Å². The van der Waals surface area contributed by atoms with Crippen LogP contribution in [0.5, 0.6) is 0 Å². The number of amides is 2. The zero-order chi connectivity index (χ0) is 21.1. The molecule has 2 amide bonds. The predicted octanol–water partition coefficient (Wildman–Crippen LogP) is 0.928. The second-order valence-corrected chi connectivity index (χ2v) is 8.26. The number of nitrogens with one attached hydrogen (secondary N) is 3. The molecule has 9 nitrogen and oxygen atoms in total. The summed E-state index contributed by atoms with van der Waals surface area (Å²) in [5, 5.41) is 9.46. The van der Waals surface area contributed by atoms with Crippen LogP contribution < -0.4 is 16.4 Å². The minimum atomic E-state index is -0.497. The first-order valence-corrected chi connectivity index (χ1v) is 10.4. The van der Waals surface area contributed by atoms with Crippen LogP contribution in [-0.4, -0.2) is 58.6 Å². The van der Waals surface area contributed by atoms with E-state index in [1.165, 1.54) is 0 Å². The number of hydrogen-bond acceptors (Lipinski definition) is 6. The Balaban J connectivity index is 1.14. The number of aromatic nitrogens is 2. The van der Waals surface area contributed by atoms with E-state index in [0.717, 1.165) is 44.3 Å². The number of aryl methyl sites for hydroxylation is 1. The number of carbonyl (C=O) groups excluding carboxylic acids is 2. The van der Waals surface area contributed by atoms with Gasteiger partial charge in [-0.05, 0) is 44.7 Å². The first-order valence-electron chi connectivity index (χ1n) is 10.4. The molecule has 3 N–H and O–H groups in total. The van der Waals surface area contributed by atoms with Crippen LogP contribution in [0.1, 0.15) is 53.3 Å². The van der Waals surface area contributed by atoms with E-state index in [4.69, 9.17) is 0 Å². The topological polar surface area (TPSA) is 120 Å². The predicted molar refractivity (Wildman–Crippen MR) is 109 cm³/mol. The lowest BCUT2D eigenvalue weighted by Crippen LogP contribution is -2.63. The summed E-state index contributed by atoms with van der Waals surface area (Å²) in [5.41, 5.74) is 1.56. The van der Waals surface area contributed by atoms with Gasteiger partial charge < -0.3 is 10.6 Å². The van der Waals surface area contributed by atoms with Gasteiger partial charge in [0.1, 0.15) is 0 Å². The molecule has 1 saturated carbocycles. The summed E-state index contributed by atoms with van der Waals surface area (Å²) in [4.78, 5) is 40.4. The van der Waals surface area contributed by atoms with Crippen molar-refractivity contribution in [1.29, 1.82) is 0 Å². The Kier molecular flexibility index (Phi) is 5.98. The highest BCUT2D eigenvalue weighted by molar-refractivity contribution is 5.96. The maximum atomic E-state index is 12.1. The molecule has 2 aliphatic rings. The number of rotatable bonds is 6. The van der Waals surface area contributed by atoms with Crippen LogP contribution in [0.3, 0.4) is 0 Å². The molecule has 2 fully saturated rings. The minimum absolute atomic E-state index is 0.0235. The summed E-state index contributed by atoms with van der Waals surface area (Å²) in [5.74, 6) is -0.00132. The molecule has 1 saturated heterocycles. The lowest BCUT2D eigenvalue weighted by Gasteiger charge is -2.46. The molecular weight excluding hydrogens is 386 g/mol. The number of nitrogens with zero attached hydrogens (tertiary/aromatic N) is 2. The van der Waals surface area contributed by atoms with Crippen molar-refractivity contribution in [2.24, 2.45) is 0 Å². The molecule has 1 aliphatic heterocycles. The molecule has 9 heteroatoms. The molecule has 0 bridgehead atoms. The van der Waals surface area contributed by atoms with E-state index in [0.29, 0.717) is 17.4 Å².